The molecule has 2 aromatic rings. The fourth-order valence-electron chi connectivity index (χ4n) is 4.62. The molecule has 2 aliphatic rings. The summed E-state index contributed by atoms with van der Waals surface area (Å²) in [5, 5.41) is 9.78. The lowest BCUT2D eigenvalue weighted by molar-refractivity contribution is 0.0914. The summed E-state index contributed by atoms with van der Waals surface area (Å²) < 4.78 is 7.50. The van der Waals surface area contributed by atoms with E-state index in [0.29, 0.717) is 19.7 Å². The van der Waals surface area contributed by atoms with Gasteiger partial charge in [0, 0.05) is 38.1 Å². The number of thiophene rings is 1. The van der Waals surface area contributed by atoms with E-state index in [1.165, 1.54) is 19.3 Å². The zero-order chi connectivity index (χ0) is 23.0. The van der Waals surface area contributed by atoms with Crippen molar-refractivity contribution in [2.45, 2.75) is 83.0 Å². The maximum absolute atomic E-state index is 13.2. The molecule has 178 valence electrons. The summed E-state index contributed by atoms with van der Waals surface area (Å²) in [5.74, 6) is -0.855. The van der Waals surface area contributed by atoms with E-state index in [4.69, 9.17) is 4.74 Å². The highest BCUT2D eigenvalue weighted by Crippen LogP contribution is 2.18. The summed E-state index contributed by atoms with van der Waals surface area (Å²) in [7, 11) is 0. The number of carbonyl (C=O) groups excluding carboxylic acids is 2. The third-order valence-corrected chi connectivity index (χ3v) is 7.21. The third kappa shape index (κ3) is 6.54. The average Bonchev–Trinajstić information content (AvgIpc) is 3.49. The van der Waals surface area contributed by atoms with Crippen molar-refractivity contribution in [2.75, 3.05) is 6.61 Å². The molecule has 1 atom stereocenters. The van der Waals surface area contributed by atoms with Gasteiger partial charge >= 0.3 is 0 Å². The molecule has 0 spiro atoms. The normalized spacial score (nSPS) is 19.6. The van der Waals surface area contributed by atoms with Gasteiger partial charge in [-0.25, -0.2) is 0 Å². The maximum atomic E-state index is 13.2. The summed E-state index contributed by atoms with van der Waals surface area (Å²) in [6.45, 7) is 1.56. The number of ether oxygens (including phenoxy) is 1. The van der Waals surface area contributed by atoms with E-state index >= 15 is 0 Å². The molecular formula is C25H33N3O4S. The van der Waals surface area contributed by atoms with E-state index in [0.717, 1.165) is 44.1 Å². The van der Waals surface area contributed by atoms with Crippen LogP contribution < -0.4 is 16.1 Å². The van der Waals surface area contributed by atoms with E-state index in [1.54, 1.807) is 28.3 Å². The van der Waals surface area contributed by atoms with E-state index in [9.17, 15) is 14.4 Å². The Kier molecular flexibility index (Phi) is 8.34. The molecule has 1 aliphatic heterocycles. The monoisotopic (exact) mass is 471 g/mol. The highest BCUT2D eigenvalue weighted by Gasteiger charge is 2.23. The Morgan fingerprint density at radius 3 is 2.39 bits per heavy atom. The molecule has 0 unspecified atom stereocenters. The fourth-order valence-corrected chi connectivity index (χ4v) is 5.29. The highest BCUT2D eigenvalue weighted by atomic mass is 32.1. The molecule has 2 aromatic heterocycles. The van der Waals surface area contributed by atoms with Gasteiger partial charge in [-0.3, -0.25) is 14.4 Å². The second-order valence-corrected chi connectivity index (χ2v) is 9.86. The van der Waals surface area contributed by atoms with Crippen molar-refractivity contribution in [3.8, 4) is 0 Å². The standard InChI is InChI=1S/C25H33N3O4S/c29-23-21(24(30)26-13-18-10-12-33-17-18)15-28(14-20-9-6-11-32-20)16-22(23)25(31)27-19-7-4-2-1-3-5-8-19/h10,12,15-17,19-20H,1-9,11,13-14H2,(H,26,30)(H,27,31)/t20-/m0/s1. The number of amides is 2. The van der Waals surface area contributed by atoms with Crippen molar-refractivity contribution in [2.24, 2.45) is 0 Å². The van der Waals surface area contributed by atoms with E-state index in [1.807, 2.05) is 16.8 Å². The van der Waals surface area contributed by atoms with Crippen LogP contribution in [0, 0.1) is 0 Å². The van der Waals surface area contributed by atoms with Gasteiger partial charge in [0.05, 0.1) is 6.10 Å². The summed E-state index contributed by atoms with van der Waals surface area (Å²) in [4.78, 5) is 39.3. The first kappa shape index (κ1) is 23.7. The largest absolute Gasteiger partial charge is 0.376 e. The van der Waals surface area contributed by atoms with Crippen molar-refractivity contribution >= 4 is 23.2 Å². The van der Waals surface area contributed by atoms with Gasteiger partial charge in [0.2, 0.25) is 5.43 Å². The topological polar surface area (TPSA) is 89.4 Å². The Labute approximate surface area is 198 Å². The van der Waals surface area contributed by atoms with Crippen molar-refractivity contribution in [3.05, 3.63) is 56.1 Å². The fraction of sp³-hybridized carbons (Fsp3) is 0.560. The molecule has 4 rings (SSSR count). The minimum Gasteiger partial charge on any atom is -0.376 e. The quantitative estimate of drug-likeness (QED) is 0.642. The minimum atomic E-state index is -0.523. The average molecular weight is 472 g/mol. The van der Waals surface area contributed by atoms with E-state index < -0.39 is 11.3 Å². The lowest BCUT2D eigenvalue weighted by Crippen LogP contribution is -2.40. The number of rotatable bonds is 7. The van der Waals surface area contributed by atoms with Gasteiger partial charge in [-0.15, -0.1) is 0 Å². The van der Waals surface area contributed by atoms with Crippen LogP contribution in [0.4, 0.5) is 0 Å². The molecule has 1 aliphatic carbocycles. The Balaban J connectivity index is 1.55. The molecule has 1 saturated heterocycles. The SMILES string of the molecule is O=C(NCc1ccsc1)c1cn(C[C@@H]2CCCO2)cc(C(=O)NC2CCCCCCC2)c1=O. The van der Waals surface area contributed by atoms with Crippen LogP contribution in [0.3, 0.4) is 0 Å². The molecule has 1 saturated carbocycles. The Morgan fingerprint density at radius 2 is 1.73 bits per heavy atom. The molecule has 8 heteroatoms. The minimum absolute atomic E-state index is 0.00598. The first-order valence-corrected chi connectivity index (χ1v) is 13.0. The van der Waals surface area contributed by atoms with Gasteiger partial charge in [-0.05, 0) is 48.1 Å². The molecule has 3 heterocycles. The molecule has 33 heavy (non-hydrogen) atoms. The number of aromatic nitrogens is 1. The Bertz CT molecular complexity index is 988. The summed E-state index contributed by atoms with van der Waals surface area (Å²) in [5.41, 5.74) is 0.475. The number of nitrogens with one attached hydrogen (secondary N) is 2. The second kappa shape index (κ2) is 11.6. The first-order chi connectivity index (χ1) is 16.1. The zero-order valence-corrected chi connectivity index (χ0v) is 19.8. The van der Waals surface area contributed by atoms with Crippen LogP contribution in [0.15, 0.2) is 34.0 Å². The third-order valence-electron chi connectivity index (χ3n) is 6.48. The number of hydrogen-bond donors (Lipinski definition) is 2. The summed E-state index contributed by atoms with van der Waals surface area (Å²) >= 11 is 1.55. The van der Waals surface area contributed by atoms with Gasteiger partial charge < -0.3 is 19.9 Å². The molecule has 2 fully saturated rings. The van der Waals surface area contributed by atoms with Gasteiger partial charge in [-0.2, -0.15) is 11.3 Å². The molecule has 0 aromatic carbocycles. The first-order valence-electron chi connectivity index (χ1n) is 12.1. The van der Waals surface area contributed by atoms with Crippen LogP contribution in [-0.2, 0) is 17.8 Å². The number of carbonyl (C=O) groups is 2. The van der Waals surface area contributed by atoms with Crippen LogP contribution in [-0.4, -0.2) is 35.1 Å². The lowest BCUT2D eigenvalue weighted by atomic mass is 9.96. The highest BCUT2D eigenvalue weighted by molar-refractivity contribution is 7.07. The number of nitrogens with zero attached hydrogens (tertiary/aromatic N) is 1. The van der Waals surface area contributed by atoms with Crippen LogP contribution in [0.25, 0.3) is 0 Å². The zero-order valence-electron chi connectivity index (χ0n) is 19.0. The van der Waals surface area contributed by atoms with Crippen LogP contribution >= 0.6 is 11.3 Å². The van der Waals surface area contributed by atoms with Crippen LogP contribution in [0.2, 0.25) is 0 Å². The molecule has 7 nitrogen and oxygen atoms in total. The Hall–Kier alpha value is -2.45. The van der Waals surface area contributed by atoms with Crippen molar-refractivity contribution < 1.29 is 14.3 Å². The summed E-state index contributed by atoms with van der Waals surface area (Å²) in [6.07, 6.45) is 12.7. The van der Waals surface area contributed by atoms with Gasteiger partial charge in [0.1, 0.15) is 11.1 Å². The van der Waals surface area contributed by atoms with Crippen molar-refractivity contribution in [1.29, 1.82) is 0 Å². The van der Waals surface area contributed by atoms with Crippen molar-refractivity contribution in [3.63, 3.8) is 0 Å². The van der Waals surface area contributed by atoms with Gasteiger partial charge in [0.15, 0.2) is 0 Å². The van der Waals surface area contributed by atoms with Crippen LogP contribution in [0.1, 0.15) is 84.1 Å². The van der Waals surface area contributed by atoms with E-state index in [-0.39, 0.29) is 29.2 Å². The molecule has 2 amide bonds. The molecule has 0 radical (unpaired) electrons. The molecular weight excluding hydrogens is 438 g/mol. The van der Waals surface area contributed by atoms with Gasteiger partial charge in [0.25, 0.3) is 11.8 Å². The van der Waals surface area contributed by atoms with E-state index in [2.05, 4.69) is 10.6 Å². The number of pyridine rings is 1. The summed E-state index contributed by atoms with van der Waals surface area (Å²) in [6, 6.07) is 2.00. The maximum Gasteiger partial charge on any atom is 0.257 e. The smallest absolute Gasteiger partial charge is 0.257 e. The van der Waals surface area contributed by atoms with Crippen molar-refractivity contribution in [1.82, 2.24) is 15.2 Å². The Morgan fingerprint density at radius 1 is 1.00 bits per heavy atom. The van der Waals surface area contributed by atoms with Crippen LogP contribution in [0.5, 0.6) is 0 Å². The second-order valence-electron chi connectivity index (χ2n) is 9.08. The predicted octanol–water partition coefficient (Wildman–Crippen LogP) is 3.86. The molecule has 0 bridgehead atoms. The predicted molar refractivity (Wildman–Crippen MR) is 129 cm³/mol. The number of hydrogen-bond acceptors (Lipinski definition) is 5. The van der Waals surface area contributed by atoms with Gasteiger partial charge in [-0.1, -0.05) is 32.1 Å². The lowest BCUT2D eigenvalue weighted by Gasteiger charge is -2.21. The molecule has 2 N–H and O–H groups in total.